The number of non-ortho nitro benzene ring substituents is 1. The number of nitro groups is 1. The van der Waals surface area contributed by atoms with Gasteiger partial charge >= 0.3 is 0 Å². The van der Waals surface area contributed by atoms with Gasteiger partial charge in [0.05, 0.1) is 16.7 Å². The number of fused-ring (bicyclic) bond motifs is 1. The van der Waals surface area contributed by atoms with E-state index in [2.05, 4.69) is 33.7 Å². The average molecular weight is 395 g/mol. The normalized spacial score (nSPS) is 16.1. The van der Waals surface area contributed by atoms with Gasteiger partial charge in [-0.2, -0.15) is 5.10 Å². The maximum absolute atomic E-state index is 13.1. The molecule has 10 nitrogen and oxygen atoms in total. The molecule has 1 aromatic carbocycles. The van der Waals surface area contributed by atoms with Crippen LogP contribution in [0.2, 0.25) is 0 Å². The van der Waals surface area contributed by atoms with Crippen molar-refractivity contribution < 1.29 is 9.72 Å². The molecule has 3 heterocycles. The fraction of sp³-hybridized carbons (Fsp3) is 0.368. The summed E-state index contributed by atoms with van der Waals surface area (Å²) in [6.07, 6.45) is 1.67. The largest absolute Gasteiger partial charge is 0.325 e. The summed E-state index contributed by atoms with van der Waals surface area (Å²) in [6, 6.07) is 7.45. The van der Waals surface area contributed by atoms with Crippen molar-refractivity contribution >= 4 is 11.6 Å². The van der Waals surface area contributed by atoms with Gasteiger partial charge in [-0.05, 0) is 25.1 Å². The quantitative estimate of drug-likeness (QED) is 0.496. The van der Waals surface area contributed by atoms with Crippen LogP contribution < -0.4 is 0 Å². The second-order valence-electron chi connectivity index (χ2n) is 7.32. The molecule has 10 heteroatoms. The van der Waals surface area contributed by atoms with Crippen molar-refractivity contribution in [3.63, 3.8) is 0 Å². The van der Waals surface area contributed by atoms with E-state index in [-0.39, 0.29) is 23.6 Å². The molecule has 0 radical (unpaired) electrons. The first-order valence-electron chi connectivity index (χ1n) is 9.41. The Kier molecular flexibility index (Phi) is 4.61. The highest BCUT2D eigenvalue weighted by atomic mass is 16.6. The summed E-state index contributed by atoms with van der Waals surface area (Å²) in [4.78, 5) is 25.1. The minimum Gasteiger partial charge on any atom is -0.325 e. The highest BCUT2D eigenvalue weighted by Gasteiger charge is 2.33. The summed E-state index contributed by atoms with van der Waals surface area (Å²) in [5.41, 5.74) is 0.958. The van der Waals surface area contributed by atoms with E-state index in [1.54, 1.807) is 29.3 Å². The zero-order valence-electron chi connectivity index (χ0n) is 16.4. The van der Waals surface area contributed by atoms with Crippen LogP contribution in [0.15, 0.2) is 36.5 Å². The van der Waals surface area contributed by atoms with Gasteiger partial charge in [0.2, 0.25) is 0 Å². The molecule has 1 aliphatic rings. The molecule has 0 fully saturated rings. The fourth-order valence-electron chi connectivity index (χ4n) is 3.57. The maximum atomic E-state index is 13.1. The first-order chi connectivity index (χ1) is 13.9. The third-order valence-electron chi connectivity index (χ3n) is 5.12. The van der Waals surface area contributed by atoms with Gasteiger partial charge in [-0.3, -0.25) is 14.9 Å². The smallest absolute Gasteiger partial charge is 0.275 e. The Hall–Kier alpha value is -3.56. The Morgan fingerprint density at radius 3 is 2.55 bits per heavy atom. The molecule has 4 rings (SSSR count). The topological polar surface area (TPSA) is 112 Å². The molecule has 1 amide bonds. The van der Waals surface area contributed by atoms with Crippen molar-refractivity contribution in [3.05, 3.63) is 64.0 Å². The molecule has 150 valence electrons. The standard InChI is InChI=1S/C19H21N7O3/c1-12(2)17-20-21-18-13(3)23(10-11-24(17)18)19(27)16-8-9-25(22-16)14-4-6-15(7-5-14)26(28)29/h4-9,12-13H,10-11H2,1-3H3. The Labute approximate surface area is 166 Å². The van der Waals surface area contributed by atoms with Crippen molar-refractivity contribution in [3.8, 4) is 5.69 Å². The molecule has 3 aromatic rings. The summed E-state index contributed by atoms with van der Waals surface area (Å²) in [5.74, 6) is 1.80. The summed E-state index contributed by atoms with van der Waals surface area (Å²) >= 11 is 0. The molecule has 1 unspecified atom stereocenters. The van der Waals surface area contributed by atoms with E-state index in [9.17, 15) is 14.9 Å². The molecule has 0 spiro atoms. The number of carbonyl (C=O) groups excluding carboxylic acids is 1. The number of amides is 1. The van der Waals surface area contributed by atoms with Crippen LogP contribution in [-0.2, 0) is 6.54 Å². The number of aromatic nitrogens is 5. The van der Waals surface area contributed by atoms with E-state index >= 15 is 0 Å². The third kappa shape index (κ3) is 3.26. The lowest BCUT2D eigenvalue weighted by Gasteiger charge is -2.33. The zero-order valence-corrected chi connectivity index (χ0v) is 16.4. The monoisotopic (exact) mass is 395 g/mol. The lowest BCUT2D eigenvalue weighted by atomic mass is 10.1. The second-order valence-corrected chi connectivity index (χ2v) is 7.32. The molecule has 0 aliphatic carbocycles. The van der Waals surface area contributed by atoms with E-state index in [1.165, 1.54) is 16.8 Å². The third-order valence-corrected chi connectivity index (χ3v) is 5.12. The lowest BCUT2D eigenvalue weighted by Crippen LogP contribution is -2.41. The second kappa shape index (κ2) is 7.12. The molecule has 0 N–H and O–H groups in total. The van der Waals surface area contributed by atoms with E-state index < -0.39 is 4.92 Å². The molecular weight excluding hydrogens is 374 g/mol. The van der Waals surface area contributed by atoms with Gasteiger partial charge in [0.1, 0.15) is 5.82 Å². The van der Waals surface area contributed by atoms with Gasteiger partial charge in [-0.1, -0.05) is 13.8 Å². The van der Waals surface area contributed by atoms with Crippen molar-refractivity contribution in [1.82, 2.24) is 29.4 Å². The molecule has 0 bridgehead atoms. The van der Waals surface area contributed by atoms with E-state index in [4.69, 9.17) is 0 Å². The fourth-order valence-corrected chi connectivity index (χ4v) is 3.57. The van der Waals surface area contributed by atoms with Crippen LogP contribution in [0.5, 0.6) is 0 Å². The summed E-state index contributed by atoms with van der Waals surface area (Å²) in [7, 11) is 0. The number of benzene rings is 1. The molecule has 0 saturated carbocycles. The molecule has 29 heavy (non-hydrogen) atoms. The van der Waals surface area contributed by atoms with Gasteiger partial charge in [0, 0.05) is 37.3 Å². The van der Waals surface area contributed by atoms with Crippen molar-refractivity contribution in [2.75, 3.05) is 6.54 Å². The lowest BCUT2D eigenvalue weighted by molar-refractivity contribution is -0.384. The number of rotatable bonds is 4. The Morgan fingerprint density at radius 1 is 1.17 bits per heavy atom. The minimum atomic E-state index is -0.455. The van der Waals surface area contributed by atoms with Crippen molar-refractivity contribution in [2.24, 2.45) is 0 Å². The average Bonchev–Trinajstić information content (AvgIpc) is 3.36. The Bertz CT molecular complexity index is 1070. The Morgan fingerprint density at radius 2 is 1.90 bits per heavy atom. The predicted molar refractivity (Wildman–Crippen MR) is 104 cm³/mol. The molecule has 2 aromatic heterocycles. The van der Waals surface area contributed by atoms with Gasteiger partial charge in [0.25, 0.3) is 11.6 Å². The summed E-state index contributed by atoms with van der Waals surface area (Å²) in [5, 5.41) is 23.7. The van der Waals surface area contributed by atoms with Gasteiger partial charge in [-0.25, -0.2) is 4.68 Å². The summed E-state index contributed by atoms with van der Waals surface area (Å²) in [6.45, 7) is 7.29. The molecule has 0 saturated heterocycles. The first kappa shape index (κ1) is 18.8. The van der Waals surface area contributed by atoms with Crippen LogP contribution >= 0.6 is 0 Å². The zero-order chi connectivity index (χ0) is 20.7. The molecular formula is C19H21N7O3. The maximum Gasteiger partial charge on any atom is 0.275 e. The van der Waals surface area contributed by atoms with E-state index in [0.717, 1.165) is 11.6 Å². The van der Waals surface area contributed by atoms with Crippen LogP contribution in [0.4, 0.5) is 5.69 Å². The van der Waals surface area contributed by atoms with Gasteiger partial charge in [0.15, 0.2) is 11.5 Å². The van der Waals surface area contributed by atoms with Crippen molar-refractivity contribution in [1.29, 1.82) is 0 Å². The van der Waals surface area contributed by atoms with Crippen LogP contribution in [0.1, 0.15) is 54.9 Å². The number of carbonyl (C=O) groups is 1. The van der Waals surface area contributed by atoms with Crippen LogP contribution in [-0.4, -0.2) is 46.8 Å². The number of hydrogen-bond donors (Lipinski definition) is 0. The summed E-state index contributed by atoms with van der Waals surface area (Å²) < 4.78 is 3.62. The molecule has 1 aliphatic heterocycles. The van der Waals surface area contributed by atoms with E-state index in [1.807, 2.05) is 6.92 Å². The molecule has 1 atom stereocenters. The van der Waals surface area contributed by atoms with E-state index in [0.29, 0.717) is 24.5 Å². The highest BCUT2D eigenvalue weighted by Crippen LogP contribution is 2.28. The van der Waals surface area contributed by atoms with Gasteiger partial charge < -0.3 is 9.47 Å². The number of hydrogen-bond acceptors (Lipinski definition) is 6. The SMILES string of the molecule is CC(C)c1nnc2n1CCN(C(=O)c1ccn(-c3ccc([N+](=O)[O-])cc3)n1)C2C. The van der Waals surface area contributed by atoms with Crippen molar-refractivity contribution in [2.45, 2.75) is 39.3 Å². The number of nitro benzene ring substituents is 1. The first-order valence-corrected chi connectivity index (χ1v) is 9.41. The van der Waals surface area contributed by atoms with Crippen LogP contribution in [0.3, 0.4) is 0 Å². The number of nitrogens with zero attached hydrogens (tertiary/aromatic N) is 7. The van der Waals surface area contributed by atoms with Gasteiger partial charge in [-0.15, -0.1) is 10.2 Å². The highest BCUT2D eigenvalue weighted by molar-refractivity contribution is 5.92. The minimum absolute atomic E-state index is 0.00391. The van der Waals surface area contributed by atoms with Crippen LogP contribution in [0, 0.1) is 10.1 Å². The predicted octanol–water partition coefficient (Wildman–Crippen LogP) is 2.71. The Balaban J connectivity index is 1.55. The van der Waals surface area contributed by atoms with Crippen LogP contribution in [0.25, 0.3) is 5.69 Å².